The van der Waals surface area contributed by atoms with Crippen LogP contribution in [0.2, 0.25) is 0 Å². The minimum Gasteiger partial charge on any atom is -0.371 e. The zero-order valence-electron chi connectivity index (χ0n) is 24.9. The second-order valence-corrected chi connectivity index (χ2v) is 11.5. The molecule has 0 spiro atoms. The molecule has 224 valence electrons. The van der Waals surface area contributed by atoms with E-state index in [2.05, 4.69) is 56.1 Å². The summed E-state index contributed by atoms with van der Waals surface area (Å²) in [5, 5.41) is 6.06. The molecule has 3 amide bonds. The molecule has 2 aromatic carbocycles. The van der Waals surface area contributed by atoms with E-state index in [-0.39, 0.29) is 11.9 Å². The highest BCUT2D eigenvalue weighted by Gasteiger charge is 2.32. The molecule has 43 heavy (non-hydrogen) atoms. The zero-order chi connectivity index (χ0) is 29.9. The van der Waals surface area contributed by atoms with Crippen LogP contribution in [0.5, 0.6) is 0 Å². The summed E-state index contributed by atoms with van der Waals surface area (Å²) in [5.41, 5.74) is 4.06. The zero-order valence-corrected chi connectivity index (χ0v) is 24.9. The Bertz CT molecular complexity index is 1480. The molecule has 2 N–H and O–H groups in total. The minimum atomic E-state index is -0.324. The van der Waals surface area contributed by atoms with Gasteiger partial charge in [0.15, 0.2) is 5.82 Å². The van der Waals surface area contributed by atoms with Gasteiger partial charge in [-0.25, -0.2) is 14.7 Å². The summed E-state index contributed by atoms with van der Waals surface area (Å²) in [6.07, 6.45) is 5.35. The lowest BCUT2D eigenvalue weighted by Gasteiger charge is -2.42. The van der Waals surface area contributed by atoms with Gasteiger partial charge in [0, 0.05) is 81.2 Å². The van der Waals surface area contributed by atoms with Crippen molar-refractivity contribution >= 4 is 46.5 Å². The number of amides is 3. The number of urea groups is 1. The van der Waals surface area contributed by atoms with Gasteiger partial charge in [-0.1, -0.05) is 12.6 Å². The fourth-order valence-electron chi connectivity index (χ4n) is 6.06. The average Bonchev–Trinajstić information content (AvgIpc) is 3.03. The van der Waals surface area contributed by atoms with Crippen molar-refractivity contribution in [1.29, 1.82) is 0 Å². The molecule has 0 aliphatic carbocycles. The third kappa shape index (κ3) is 6.32. The number of carbonyl (C=O) groups excluding carboxylic acids is 2. The maximum absolute atomic E-state index is 13.3. The van der Waals surface area contributed by atoms with Crippen LogP contribution in [0.25, 0.3) is 0 Å². The number of aromatic nitrogens is 2. The molecule has 0 atom stereocenters. The van der Waals surface area contributed by atoms with E-state index in [0.29, 0.717) is 35.7 Å². The number of nitrogens with one attached hydrogen (secondary N) is 2. The second-order valence-electron chi connectivity index (χ2n) is 11.5. The molecule has 3 aliphatic heterocycles. The first kappa shape index (κ1) is 28.6. The maximum atomic E-state index is 13.3. The number of hydrogen-bond acceptors (Lipinski definition) is 8. The van der Waals surface area contributed by atoms with E-state index in [9.17, 15) is 9.59 Å². The van der Waals surface area contributed by atoms with E-state index in [1.54, 1.807) is 41.2 Å². The fraction of sp³-hybridized carbons (Fsp3) is 0.375. The molecule has 2 fully saturated rings. The lowest BCUT2D eigenvalue weighted by molar-refractivity contribution is -0.111. The summed E-state index contributed by atoms with van der Waals surface area (Å²) in [6, 6.07) is 16.0. The number of piperazine rings is 1. The van der Waals surface area contributed by atoms with E-state index in [4.69, 9.17) is 4.98 Å². The number of fused-ring (bicyclic) bond motifs is 1. The number of nitrogens with zero attached hydrogens (tertiary/aromatic N) is 7. The predicted molar refractivity (Wildman–Crippen MR) is 170 cm³/mol. The van der Waals surface area contributed by atoms with E-state index in [0.717, 1.165) is 37.4 Å². The smallest absolute Gasteiger partial charge is 0.330 e. The van der Waals surface area contributed by atoms with Gasteiger partial charge < -0.3 is 25.3 Å². The standard InChI is InChI=1S/C32H39N9O2/c1-4-29(42)34-25-6-5-7-28(20-25)41-30-23(22-38(3)32(41)43)21-33-31(36-30)35-24-8-10-26(11-9-24)39-14-12-27(13-15-39)40-18-16-37(2)17-19-40/h4-11,20-21,27H,1,12-19,22H2,2-3H3,(H,34,42)(H,33,35,36). The van der Waals surface area contributed by atoms with E-state index >= 15 is 0 Å². The molecule has 11 heteroatoms. The van der Waals surface area contributed by atoms with Crippen molar-refractivity contribution in [1.82, 2.24) is 24.7 Å². The molecule has 11 nitrogen and oxygen atoms in total. The number of piperidine rings is 1. The summed E-state index contributed by atoms with van der Waals surface area (Å²) in [5.74, 6) is 0.584. The van der Waals surface area contributed by atoms with E-state index in [1.165, 1.54) is 37.7 Å². The van der Waals surface area contributed by atoms with Crippen molar-refractivity contribution in [3.63, 3.8) is 0 Å². The first-order valence-corrected chi connectivity index (χ1v) is 14.9. The number of likely N-dealkylation sites (N-methyl/N-ethyl adjacent to an activating group) is 1. The molecule has 4 heterocycles. The molecule has 0 unspecified atom stereocenters. The lowest BCUT2D eigenvalue weighted by Crippen LogP contribution is -2.52. The fourth-order valence-corrected chi connectivity index (χ4v) is 6.06. The Kier molecular flexibility index (Phi) is 8.26. The number of carbonyl (C=O) groups is 2. The Balaban J connectivity index is 1.14. The van der Waals surface area contributed by atoms with Crippen LogP contribution in [0.4, 0.5) is 39.3 Å². The molecule has 0 saturated carbocycles. The Morgan fingerprint density at radius 3 is 2.42 bits per heavy atom. The van der Waals surface area contributed by atoms with Gasteiger partial charge in [0.1, 0.15) is 0 Å². The summed E-state index contributed by atoms with van der Waals surface area (Å²) < 4.78 is 0. The van der Waals surface area contributed by atoms with Crippen LogP contribution in [0.15, 0.2) is 67.4 Å². The Hall–Kier alpha value is -4.48. The van der Waals surface area contributed by atoms with E-state index < -0.39 is 0 Å². The highest BCUT2D eigenvalue weighted by Crippen LogP contribution is 2.35. The van der Waals surface area contributed by atoms with Crippen LogP contribution < -0.4 is 20.4 Å². The summed E-state index contributed by atoms with van der Waals surface area (Å²) in [7, 11) is 3.95. The minimum absolute atomic E-state index is 0.218. The average molecular weight is 582 g/mol. The molecule has 3 aromatic rings. The topological polar surface area (TPSA) is 100 Å². The third-order valence-electron chi connectivity index (χ3n) is 8.54. The highest BCUT2D eigenvalue weighted by atomic mass is 16.2. The van der Waals surface area contributed by atoms with Crippen molar-refractivity contribution in [2.75, 3.05) is 73.8 Å². The van der Waals surface area contributed by atoms with Gasteiger partial charge in [0.25, 0.3) is 0 Å². The summed E-state index contributed by atoms with van der Waals surface area (Å²) >= 11 is 0. The van der Waals surface area contributed by atoms with Crippen LogP contribution in [0.3, 0.4) is 0 Å². The molecule has 6 rings (SSSR count). The van der Waals surface area contributed by atoms with E-state index in [1.807, 2.05) is 18.2 Å². The second kappa shape index (κ2) is 12.4. The first-order valence-electron chi connectivity index (χ1n) is 14.9. The molecular formula is C32H39N9O2. The normalized spacial score (nSPS) is 18.4. The van der Waals surface area contributed by atoms with Gasteiger partial charge in [0.05, 0.1) is 12.2 Å². The molecule has 0 bridgehead atoms. The monoisotopic (exact) mass is 581 g/mol. The molecule has 0 radical (unpaired) electrons. The van der Waals surface area contributed by atoms with Crippen LogP contribution >= 0.6 is 0 Å². The Labute approximate surface area is 252 Å². The first-order chi connectivity index (χ1) is 20.9. The predicted octanol–water partition coefficient (Wildman–Crippen LogP) is 4.26. The van der Waals surface area contributed by atoms with Crippen molar-refractivity contribution < 1.29 is 9.59 Å². The van der Waals surface area contributed by atoms with Crippen LogP contribution in [-0.4, -0.2) is 96.0 Å². The van der Waals surface area contributed by atoms with Gasteiger partial charge in [0.2, 0.25) is 11.9 Å². The largest absolute Gasteiger partial charge is 0.371 e. The number of rotatable bonds is 7. The van der Waals surface area contributed by atoms with Crippen LogP contribution in [0.1, 0.15) is 18.4 Å². The number of benzene rings is 2. The molecule has 3 aliphatic rings. The summed E-state index contributed by atoms with van der Waals surface area (Å²) in [6.45, 7) is 10.7. The maximum Gasteiger partial charge on any atom is 0.330 e. The quantitative estimate of drug-likeness (QED) is 0.400. The van der Waals surface area contributed by atoms with Crippen molar-refractivity contribution in [3.05, 3.63) is 72.9 Å². The van der Waals surface area contributed by atoms with Crippen LogP contribution in [0, 0.1) is 0 Å². The van der Waals surface area contributed by atoms with Gasteiger partial charge in [-0.05, 0) is 68.4 Å². The van der Waals surface area contributed by atoms with Gasteiger partial charge in [-0.15, -0.1) is 0 Å². The Morgan fingerprint density at radius 1 is 0.953 bits per heavy atom. The summed E-state index contributed by atoms with van der Waals surface area (Å²) in [4.78, 5) is 45.2. The van der Waals surface area contributed by atoms with Crippen LogP contribution in [-0.2, 0) is 11.3 Å². The third-order valence-corrected chi connectivity index (χ3v) is 8.54. The van der Waals surface area contributed by atoms with Gasteiger partial charge in [-0.2, -0.15) is 4.98 Å². The van der Waals surface area contributed by atoms with Crippen molar-refractivity contribution in [2.24, 2.45) is 0 Å². The highest BCUT2D eigenvalue weighted by molar-refractivity contribution is 6.03. The molecular weight excluding hydrogens is 542 g/mol. The van der Waals surface area contributed by atoms with Crippen molar-refractivity contribution in [2.45, 2.75) is 25.4 Å². The SMILES string of the molecule is C=CC(=O)Nc1cccc(N2C(=O)N(C)Cc3cnc(Nc4ccc(N5CCC(N6CCN(C)CC6)CC5)cc4)nc32)c1. The number of anilines is 6. The van der Waals surface area contributed by atoms with Gasteiger partial charge in [-0.3, -0.25) is 9.69 Å². The van der Waals surface area contributed by atoms with Crippen molar-refractivity contribution in [3.8, 4) is 0 Å². The lowest BCUT2D eigenvalue weighted by atomic mass is 10.0. The molecule has 1 aromatic heterocycles. The number of hydrogen-bond donors (Lipinski definition) is 2. The Morgan fingerprint density at radius 2 is 1.70 bits per heavy atom. The molecule has 2 saturated heterocycles. The van der Waals surface area contributed by atoms with Gasteiger partial charge >= 0.3 is 6.03 Å².